The summed E-state index contributed by atoms with van der Waals surface area (Å²) >= 11 is 3.34. The molecule has 0 fully saturated rings. The molecule has 186 valence electrons. The van der Waals surface area contributed by atoms with Crippen LogP contribution in [0.2, 0.25) is 0 Å². The SMILES string of the molecule is O=C(Cn1c(O)c(N=NC(=O)C(=O)Nc2cccc(C(=O)O)c2)c2cc(Br)ccc21)Nc1ccccc1. The Morgan fingerprint density at radius 1 is 0.892 bits per heavy atom. The van der Waals surface area contributed by atoms with Gasteiger partial charge in [0.05, 0.1) is 11.1 Å². The number of aromatic carboxylic acids is 1. The summed E-state index contributed by atoms with van der Waals surface area (Å²) in [5.41, 5.74) is 0.919. The van der Waals surface area contributed by atoms with Crippen molar-refractivity contribution >= 4 is 67.6 Å². The van der Waals surface area contributed by atoms with Crippen LogP contribution in [0.15, 0.2) is 87.5 Å². The minimum absolute atomic E-state index is 0.0773. The molecule has 0 saturated carbocycles. The maximum absolute atomic E-state index is 12.6. The van der Waals surface area contributed by atoms with E-state index in [0.717, 1.165) is 0 Å². The molecule has 0 aliphatic heterocycles. The van der Waals surface area contributed by atoms with Gasteiger partial charge in [0, 0.05) is 21.2 Å². The second-order valence-electron chi connectivity index (χ2n) is 7.68. The van der Waals surface area contributed by atoms with E-state index in [1.165, 1.54) is 28.8 Å². The van der Waals surface area contributed by atoms with Gasteiger partial charge in [0.25, 0.3) is 0 Å². The number of fused-ring (bicyclic) bond motifs is 1. The van der Waals surface area contributed by atoms with E-state index in [1.807, 2.05) is 6.07 Å². The van der Waals surface area contributed by atoms with Crippen LogP contribution in [0.1, 0.15) is 10.4 Å². The van der Waals surface area contributed by atoms with Crippen LogP contribution in [-0.2, 0) is 20.9 Å². The molecular formula is C25H18BrN5O6. The number of nitrogens with zero attached hydrogens (tertiary/aromatic N) is 3. The summed E-state index contributed by atoms with van der Waals surface area (Å²) in [6.45, 7) is -0.261. The van der Waals surface area contributed by atoms with Crippen LogP contribution < -0.4 is 10.6 Å². The van der Waals surface area contributed by atoms with Gasteiger partial charge in [-0.05, 0) is 48.5 Å². The number of nitrogens with one attached hydrogen (secondary N) is 2. The summed E-state index contributed by atoms with van der Waals surface area (Å²) in [5.74, 6) is -4.47. The Hall–Kier alpha value is -4.84. The Kier molecular flexibility index (Phi) is 7.39. The number of hydrogen-bond acceptors (Lipinski definition) is 6. The maximum Gasteiger partial charge on any atom is 0.353 e. The number of azo groups is 1. The smallest absolute Gasteiger partial charge is 0.353 e. The lowest BCUT2D eigenvalue weighted by atomic mass is 10.2. The predicted octanol–water partition coefficient (Wildman–Crippen LogP) is 4.70. The van der Waals surface area contributed by atoms with E-state index in [1.54, 1.807) is 42.5 Å². The number of carboxylic acids is 1. The minimum Gasteiger partial charge on any atom is -0.493 e. The van der Waals surface area contributed by atoms with E-state index in [0.29, 0.717) is 21.1 Å². The fraction of sp³-hybridized carbons (Fsp3) is 0.0400. The van der Waals surface area contributed by atoms with Crippen molar-refractivity contribution in [1.82, 2.24) is 4.57 Å². The first-order valence-corrected chi connectivity index (χ1v) is 11.5. The van der Waals surface area contributed by atoms with Crippen molar-refractivity contribution in [3.63, 3.8) is 0 Å². The Balaban J connectivity index is 1.57. The van der Waals surface area contributed by atoms with E-state index in [-0.39, 0.29) is 23.5 Å². The molecule has 11 nitrogen and oxygen atoms in total. The van der Waals surface area contributed by atoms with Crippen LogP contribution in [0, 0.1) is 0 Å². The zero-order valence-electron chi connectivity index (χ0n) is 18.9. The number of halogens is 1. The van der Waals surface area contributed by atoms with Gasteiger partial charge in [-0.15, -0.1) is 10.2 Å². The topological polar surface area (TPSA) is 162 Å². The molecule has 0 radical (unpaired) electrons. The van der Waals surface area contributed by atoms with E-state index in [9.17, 15) is 24.3 Å². The Labute approximate surface area is 217 Å². The molecule has 0 bridgehead atoms. The number of rotatable bonds is 6. The first-order chi connectivity index (χ1) is 17.7. The molecule has 0 aliphatic carbocycles. The number of aromatic hydroxyl groups is 1. The lowest BCUT2D eigenvalue weighted by molar-refractivity contribution is -0.134. The van der Waals surface area contributed by atoms with E-state index < -0.39 is 29.6 Å². The highest BCUT2D eigenvalue weighted by Crippen LogP contribution is 2.40. The second kappa shape index (κ2) is 10.8. The molecule has 0 spiro atoms. The number of benzene rings is 3. The van der Waals surface area contributed by atoms with Crippen molar-refractivity contribution in [3.8, 4) is 5.88 Å². The van der Waals surface area contributed by atoms with Gasteiger partial charge in [0.15, 0.2) is 5.69 Å². The number of carbonyl (C=O) groups is 4. The predicted molar refractivity (Wildman–Crippen MR) is 138 cm³/mol. The van der Waals surface area contributed by atoms with Gasteiger partial charge < -0.3 is 25.4 Å². The fourth-order valence-corrected chi connectivity index (χ4v) is 3.84. The van der Waals surface area contributed by atoms with Crippen molar-refractivity contribution in [2.75, 3.05) is 10.6 Å². The number of hydrogen-bond donors (Lipinski definition) is 4. The molecule has 1 heterocycles. The lowest BCUT2D eigenvalue weighted by Crippen LogP contribution is -2.20. The zero-order chi connectivity index (χ0) is 26.5. The van der Waals surface area contributed by atoms with E-state index in [4.69, 9.17) is 5.11 Å². The monoisotopic (exact) mass is 563 g/mol. The van der Waals surface area contributed by atoms with Crippen molar-refractivity contribution in [1.29, 1.82) is 0 Å². The third kappa shape index (κ3) is 5.87. The summed E-state index contributed by atoms with van der Waals surface area (Å²) in [7, 11) is 0. The number of anilines is 2. The van der Waals surface area contributed by atoms with Crippen LogP contribution in [0.5, 0.6) is 5.88 Å². The van der Waals surface area contributed by atoms with E-state index >= 15 is 0 Å². The van der Waals surface area contributed by atoms with Gasteiger partial charge in [-0.1, -0.05) is 40.2 Å². The number of carbonyl (C=O) groups excluding carboxylic acids is 3. The van der Waals surface area contributed by atoms with Crippen LogP contribution in [0.3, 0.4) is 0 Å². The molecule has 0 atom stereocenters. The lowest BCUT2D eigenvalue weighted by Gasteiger charge is -2.08. The number of amides is 3. The number of para-hydroxylation sites is 1. The van der Waals surface area contributed by atoms with Gasteiger partial charge in [0.1, 0.15) is 6.54 Å². The average Bonchev–Trinajstić information content (AvgIpc) is 3.12. The zero-order valence-corrected chi connectivity index (χ0v) is 20.5. The van der Waals surface area contributed by atoms with Gasteiger partial charge in [-0.2, -0.15) is 0 Å². The molecule has 4 aromatic rings. The highest BCUT2D eigenvalue weighted by Gasteiger charge is 2.21. The normalized spacial score (nSPS) is 10.9. The Morgan fingerprint density at radius 3 is 2.35 bits per heavy atom. The van der Waals surface area contributed by atoms with Crippen molar-refractivity contribution in [2.45, 2.75) is 6.54 Å². The first-order valence-electron chi connectivity index (χ1n) is 10.7. The molecule has 0 saturated heterocycles. The molecule has 3 aromatic carbocycles. The summed E-state index contributed by atoms with van der Waals surface area (Å²) in [4.78, 5) is 48.2. The molecular weight excluding hydrogens is 546 g/mol. The molecule has 4 rings (SSSR count). The summed E-state index contributed by atoms with van der Waals surface area (Å²) in [6, 6.07) is 19.1. The molecule has 12 heteroatoms. The quantitative estimate of drug-likeness (QED) is 0.196. The van der Waals surface area contributed by atoms with E-state index in [2.05, 4.69) is 36.8 Å². The van der Waals surface area contributed by atoms with Crippen LogP contribution in [0.4, 0.5) is 17.1 Å². The third-order valence-electron chi connectivity index (χ3n) is 5.13. The number of aromatic nitrogens is 1. The van der Waals surface area contributed by atoms with Crippen LogP contribution in [-0.4, -0.2) is 38.5 Å². The molecule has 0 unspecified atom stereocenters. The molecule has 0 aliphatic rings. The van der Waals surface area contributed by atoms with Gasteiger partial charge in [0.2, 0.25) is 11.8 Å². The highest BCUT2D eigenvalue weighted by atomic mass is 79.9. The van der Waals surface area contributed by atoms with Crippen molar-refractivity contribution in [3.05, 3.63) is 82.8 Å². The maximum atomic E-state index is 12.6. The van der Waals surface area contributed by atoms with Crippen LogP contribution in [0.25, 0.3) is 10.9 Å². The van der Waals surface area contributed by atoms with Gasteiger partial charge in [-0.3, -0.25) is 14.4 Å². The highest BCUT2D eigenvalue weighted by molar-refractivity contribution is 9.10. The van der Waals surface area contributed by atoms with Crippen LogP contribution >= 0.6 is 15.9 Å². The standard InChI is InChI=1S/C25H18BrN5O6/c26-15-9-10-19-18(12-15)21(24(35)31(19)13-20(32)27-16-6-2-1-3-7-16)29-30-23(34)22(33)28-17-8-4-5-14(11-17)25(36)37/h1-12,35H,13H2,(H,27,32)(H,28,33)(H,36,37). The first kappa shape index (κ1) is 25.3. The molecule has 1 aromatic heterocycles. The number of carboxylic acid groups (broad SMARTS) is 1. The fourth-order valence-electron chi connectivity index (χ4n) is 3.48. The van der Waals surface area contributed by atoms with Gasteiger partial charge in [-0.25, -0.2) is 4.79 Å². The molecule has 3 amide bonds. The third-order valence-corrected chi connectivity index (χ3v) is 5.63. The summed E-state index contributed by atoms with van der Waals surface area (Å²) < 4.78 is 1.95. The molecule has 4 N–H and O–H groups in total. The summed E-state index contributed by atoms with van der Waals surface area (Å²) in [6.07, 6.45) is 0. The minimum atomic E-state index is -1.28. The second-order valence-corrected chi connectivity index (χ2v) is 8.59. The average molecular weight is 564 g/mol. The Bertz CT molecular complexity index is 1560. The largest absolute Gasteiger partial charge is 0.493 e. The van der Waals surface area contributed by atoms with Gasteiger partial charge >= 0.3 is 17.8 Å². The summed E-state index contributed by atoms with van der Waals surface area (Å²) in [5, 5.41) is 32.5. The molecule has 37 heavy (non-hydrogen) atoms. The van der Waals surface area contributed by atoms with Crippen molar-refractivity contribution in [2.24, 2.45) is 10.2 Å². The Morgan fingerprint density at radius 2 is 1.62 bits per heavy atom. The van der Waals surface area contributed by atoms with Crippen molar-refractivity contribution < 1.29 is 29.4 Å².